The van der Waals surface area contributed by atoms with E-state index in [9.17, 15) is 18.0 Å². The van der Waals surface area contributed by atoms with Gasteiger partial charge in [-0.15, -0.1) is 0 Å². The number of nitrogens with two attached hydrogens (primary N) is 1. The average Bonchev–Trinajstić information content (AvgIpc) is 3.43. The van der Waals surface area contributed by atoms with E-state index in [2.05, 4.69) is 15.1 Å². The van der Waals surface area contributed by atoms with Gasteiger partial charge in [-0.2, -0.15) is 18.3 Å². The van der Waals surface area contributed by atoms with Crippen molar-refractivity contribution in [3.8, 4) is 11.4 Å². The SMILES string of the molecule is C/C=C(/c1ccc(Cn2c(=O)[nH]c3cnc(-c4cccc5cnn(C)c45)nc32)cc1)N(C)/C=C(\N)C(F)(F)F. The van der Waals surface area contributed by atoms with Crippen molar-refractivity contribution in [1.82, 2.24) is 34.2 Å². The molecule has 0 bridgehead atoms. The molecule has 0 saturated heterocycles. The molecule has 0 saturated carbocycles. The molecule has 3 heterocycles. The Morgan fingerprint density at radius 2 is 1.90 bits per heavy atom. The van der Waals surface area contributed by atoms with Gasteiger partial charge in [0.05, 0.1) is 24.5 Å². The lowest BCUT2D eigenvalue weighted by molar-refractivity contribution is -0.0934. The van der Waals surface area contributed by atoms with Gasteiger partial charge >= 0.3 is 11.9 Å². The molecule has 39 heavy (non-hydrogen) atoms. The minimum absolute atomic E-state index is 0.230. The maximum absolute atomic E-state index is 12.9. The summed E-state index contributed by atoms with van der Waals surface area (Å²) in [6.07, 6.45) is 1.28. The third-order valence-electron chi connectivity index (χ3n) is 6.42. The van der Waals surface area contributed by atoms with Crippen LogP contribution in [0, 0.1) is 0 Å². The molecule has 200 valence electrons. The zero-order valence-electron chi connectivity index (χ0n) is 21.4. The van der Waals surface area contributed by atoms with Gasteiger partial charge in [0.15, 0.2) is 11.5 Å². The average molecular weight is 535 g/mol. The predicted molar refractivity (Wildman–Crippen MR) is 143 cm³/mol. The smallest absolute Gasteiger partial charge is 0.394 e. The van der Waals surface area contributed by atoms with Gasteiger partial charge in [-0.3, -0.25) is 9.25 Å². The van der Waals surface area contributed by atoms with Crippen LogP contribution >= 0.6 is 0 Å². The lowest BCUT2D eigenvalue weighted by Gasteiger charge is -2.20. The predicted octanol–water partition coefficient (Wildman–Crippen LogP) is 4.38. The Labute approximate surface area is 220 Å². The number of para-hydroxylation sites is 1. The van der Waals surface area contributed by atoms with Gasteiger partial charge in [-0.1, -0.05) is 42.5 Å². The molecule has 0 spiro atoms. The van der Waals surface area contributed by atoms with Crippen LogP contribution in [0.2, 0.25) is 0 Å². The van der Waals surface area contributed by atoms with Crippen LogP contribution in [0.1, 0.15) is 18.1 Å². The quantitative estimate of drug-likeness (QED) is 0.335. The fourth-order valence-corrected chi connectivity index (χ4v) is 4.52. The molecular weight excluding hydrogens is 509 g/mol. The molecule has 0 unspecified atom stereocenters. The molecule has 0 aliphatic rings. The molecular formula is C27H25F3N8O. The topological polar surface area (TPSA) is 111 Å². The van der Waals surface area contributed by atoms with Crippen LogP contribution in [0.15, 0.2) is 77.6 Å². The third-order valence-corrected chi connectivity index (χ3v) is 6.42. The molecule has 0 aliphatic carbocycles. The van der Waals surface area contributed by atoms with E-state index in [1.807, 2.05) is 37.4 Å². The van der Waals surface area contributed by atoms with E-state index in [4.69, 9.17) is 10.7 Å². The van der Waals surface area contributed by atoms with E-state index < -0.39 is 11.9 Å². The summed E-state index contributed by atoms with van der Waals surface area (Å²) in [5, 5.41) is 5.27. The van der Waals surface area contributed by atoms with Crippen LogP contribution in [-0.4, -0.2) is 47.4 Å². The van der Waals surface area contributed by atoms with Crippen molar-refractivity contribution >= 4 is 27.8 Å². The molecule has 5 rings (SSSR count). The van der Waals surface area contributed by atoms with Crippen LogP contribution in [0.5, 0.6) is 0 Å². The lowest BCUT2D eigenvalue weighted by Crippen LogP contribution is -2.23. The summed E-state index contributed by atoms with van der Waals surface area (Å²) in [6.45, 7) is 1.96. The monoisotopic (exact) mass is 534 g/mol. The number of aromatic amines is 1. The van der Waals surface area contributed by atoms with E-state index in [0.717, 1.165) is 28.2 Å². The Balaban J connectivity index is 1.45. The minimum atomic E-state index is -4.61. The van der Waals surface area contributed by atoms with Crippen molar-refractivity contribution in [2.45, 2.75) is 19.6 Å². The number of hydrogen-bond donors (Lipinski definition) is 2. The van der Waals surface area contributed by atoms with E-state index >= 15 is 0 Å². The zero-order valence-corrected chi connectivity index (χ0v) is 21.4. The second-order valence-corrected chi connectivity index (χ2v) is 9.02. The molecule has 2 aromatic carbocycles. The molecule has 12 heteroatoms. The van der Waals surface area contributed by atoms with Crippen LogP contribution in [0.25, 0.3) is 39.2 Å². The van der Waals surface area contributed by atoms with Gasteiger partial charge in [0.1, 0.15) is 11.2 Å². The Bertz CT molecular complexity index is 1790. The molecule has 0 fully saturated rings. The highest BCUT2D eigenvalue weighted by molar-refractivity contribution is 5.92. The Kier molecular flexibility index (Phi) is 6.46. The van der Waals surface area contributed by atoms with Gasteiger partial charge in [0, 0.05) is 36.9 Å². The molecule has 9 nitrogen and oxygen atoms in total. The van der Waals surface area contributed by atoms with Gasteiger partial charge in [0.2, 0.25) is 0 Å². The Morgan fingerprint density at radius 1 is 1.15 bits per heavy atom. The van der Waals surface area contributed by atoms with Crippen molar-refractivity contribution < 1.29 is 13.2 Å². The first-order valence-electron chi connectivity index (χ1n) is 12.0. The maximum Gasteiger partial charge on any atom is 0.432 e. The van der Waals surface area contributed by atoms with Crippen molar-refractivity contribution in [3.63, 3.8) is 0 Å². The number of hydrogen-bond acceptors (Lipinski definition) is 6. The van der Waals surface area contributed by atoms with Gasteiger partial charge in [-0.25, -0.2) is 14.8 Å². The fourth-order valence-electron chi connectivity index (χ4n) is 4.52. The largest absolute Gasteiger partial charge is 0.432 e. The van der Waals surface area contributed by atoms with Gasteiger partial charge < -0.3 is 15.6 Å². The second kappa shape index (κ2) is 9.78. The van der Waals surface area contributed by atoms with Crippen molar-refractivity contribution in [3.05, 3.63) is 94.4 Å². The summed E-state index contributed by atoms with van der Waals surface area (Å²) in [7, 11) is 3.34. The highest BCUT2D eigenvalue weighted by Gasteiger charge is 2.32. The van der Waals surface area contributed by atoms with Crippen LogP contribution in [-0.2, 0) is 13.6 Å². The van der Waals surface area contributed by atoms with Gasteiger partial charge in [-0.05, 0) is 24.1 Å². The zero-order chi connectivity index (χ0) is 27.9. The highest BCUT2D eigenvalue weighted by Crippen LogP contribution is 2.27. The normalized spacial score (nSPS) is 13.0. The maximum atomic E-state index is 12.9. The standard InChI is InChI=1S/C27H25F3N8O/c1-4-21(36(2)15-22(31)27(28,29)30)17-10-8-16(9-11-17)14-38-25-20(34-26(38)39)13-32-24(35-25)19-7-5-6-18-12-33-37(3)23(18)19/h4-13,15H,14,31H2,1-3H3,(H,34,39)/b21-4-,22-15-. The molecule has 0 aliphatic heterocycles. The van der Waals surface area contributed by atoms with Crippen LogP contribution in [0.3, 0.4) is 0 Å². The Morgan fingerprint density at radius 3 is 2.59 bits per heavy atom. The molecule has 3 N–H and O–H groups in total. The highest BCUT2D eigenvalue weighted by atomic mass is 19.4. The summed E-state index contributed by atoms with van der Waals surface area (Å²) >= 11 is 0. The first kappa shape index (κ1) is 25.8. The van der Waals surface area contributed by atoms with E-state index in [1.165, 1.54) is 16.5 Å². The lowest BCUT2D eigenvalue weighted by atomic mass is 10.1. The first-order chi connectivity index (χ1) is 18.6. The number of alkyl halides is 3. The summed E-state index contributed by atoms with van der Waals surface area (Å²) in [5.74, 6) is 0.465. The molecule has 0 radical (unpaired) electrons. The van der Waals surface area contributed by atoms with Crippen molar-refractivity contribution in [1.29, 1.82) is 0 Å². The van der Waals surface area contributed by atoms with Crippen molar-refractivity contribution in [2.75, 3.05) is 7.05 Å². The van der Waals surface area contributed by atoms with Crippen LogP contribution < -0.4 is 11.4 Å². The number of aromatic nitrogens is 6. The van der Waals surface area contributed by atoms with E-state index in [-0.39, 0.29) is 12.2 Å². The molecule has 0 amide bonds. The van der Waals surface area contributed by atoms with Crippen molar-refractivity contribution in [2.24, 2.45) is 12.8 Å². The summed E-state index contributed by atoms with van der Waals surface area (Å²) in [6, 6.07) is 13.0. The molecule has 5 aromatic rings. The minimum Gasteiger partial charge on any atom is -0.394 e. The Hall–Kier alpha value is -4.87. The summed E-state index contributed by atoms with van der Waals surface area (Å²) in [4.78, 5) is 26.1. The number of allylic oxidation sites excluding steroid dienone is 2. The number of imidazole rings is 1. The number of fused-ring (bicyclic) bond motifs is 2. The van der Waals surface area contributed by atoms with E-state index in [1.54, 1.807) is 42.2 Å². The van der Waals surface area contributed by atoms with Crippen LogP contribution in [0.4, 0.5) is 13.2 Å². The number of benzene rings is 2. The second-order valence-electron chi connectivity index (χ2n) is 9.02. The molecule has 3 aromatic heterocycles. The van der Waals surface area contributed by atoms with E-state index in [0.29, 0.717) is 28.2 Å². The first-order valence-corrected chi connectivity index (χ1v) is 12.0. The molecule has 0 atom stereocenters. The number of rotatable bonds is 6. The summed E-state index contributed by atoms with van der Waals surface area (Å²) < 4.78 is 41.9. The number of H-pyrrole nitrogens is 1. The third kappa shape index (κ3) is 4.88. The number of halogens is 3. The number of aryl methyl sites for hydroxylation is 1. The van der Waals surface area contributed by atoms with Gasteiger partial charge in [0.25, 0.3) is 0 Å². The number of nitrogens with zero attached hydrogens (tertiary/aromatic N) is 6. The number of nitrogens with one attached hydrogen (secondary N) is 1. The summed E-state index contributed by atoms with van der Waals surface area (Å²) in [5.41, 5.74) is 8.32. The fraction of sp³-hybridized carbons (Fsp3) is 0.185.